The van der Waals surface area contributed by atoms with Crippen LogP contribution in [0.1, 0.15) is 18.7 Å². The molecule has 1 fully saturated rings. The fourth-order valence-electron chi connectivity index (χ4n) is 3.28. The van der Waals surface area contributed by atoms with Crippen LogP contribution in [0, 0.1) is 0 Å². The summed E-state index contributed by atoms with van der Waals surface area (Å²) in [5, 5.41) is 34.2. The molecule has 23 heavy (non-hydrogen) atoms. The van der Waals surface area contributed by atoms with Gasteiger partial charge in [0.1, 0.15) is 35.6 Å². The van der Waals surface area contributed by atoms with Gasteiger partial charge in [-0.15, -0.1) is 0 Å². The van der Waals surface area contributed by atoms with Crippen molar-refractivity contribution >= 4 is 22.9 Å². The van der Waals surface area contributed by atoms with Crippen molar-refractivity contribution in [2.24, 2.45) is 0 Å². The molecule has 2 aliphatic rings. The van der Waals surface area contributed by atoms with Crippen LogP contribution in [0.5, 0.6) is 0 Å². The van der Waals surface area contributed by atoms with E-state index in [0.29, 0.717) is 18.0 Å². The Bertz CT molecular complexity index is 785. The molecule has 0 aliphatic carbocycles. The molecule has 4 N–H and O–H groups in total. The van der Waals surface area contributed by atoms with Gasteiger partial charge in [-0.1, -0.05) is 12.2 Å². The smallest absolute Gasteiger partial charge is 0.167 e. The molecule has 2 aliphatic heterocycles. The first-order valence-corrected chi connectivity index (χ1v) is 7.46. The zero-order chi connectivity index (χ0) is 16.2. The second-order valence-electron chi connectivity index (χ2n) is 6.08. The SMILES string of the molecule is CC1(O)[C@@H](O)[C@@H](CO)O[C@H]1n1cc2c3c(ncnc31)NCC=C2. The van der Waals surface area contributed by atoms with E-state index in [9.17, 15) is 15.3 Å². The number of rotatable bonds is 2. The van der Waals surface area contributed by atoms with E-state index in [4.69, 9.17) is 4.74 Å². The lowest BCUT2D eigenvalue weighted by Crippen LogP contribution is -2.44. The van der Waals surface area contributed by atoms with Gasteiger partial charge in [0.05, 0.1) is 12.0 Å². The predicted octanol–water partition coefficient (Wildman–Crippen LogP) is -0.128. The molecule has 0 radical (unpaired) electrons. The Balaban J connectivity index is 1.90. The third kappa shape index (κ3) is 1.99. The van der Waals surface area contributed by atoms with Gasteiger partial charge in [0.15, 0.2) is 6.23 Å². The molecule has 122 valence electrons. The van der Waals surface area contributed by atoms with Crippen molar-refractivity contribution in [1.82, 2.24) is 14.5 Å². The van der Waals surface area contributed by atoms with Crippen molar-refractivity contribution in [2.45, 2.75) is 31.0 Å². The van der Waals surface area contributed by atoms with Gasteiger partial charge in [0.25, 0.3) is 0 Å². The molecule has 4 atom stereocenters. The Morgan fingerprint density at radius 3 is 3.04 bits per heavy atom. The number of anilines is 1. The summed E-state index contributed by atoms with van der Waals surface area (Å²) in [6.07, 6.45) is 4.29. The molecule has 8 heteroatoms. The summed E-state index contributed by atoms with van der Waals surface area (Å²) < 4.78 is 7.38. The molecule has 4 rings (SSSR count). The molecule has 0 saturated carbocycles. The molecule has 0 bridgehead atoms. The van der Waals surface area contributed by atoms with E-state index in [1.165, 1.54) is 13.3 Å². The Morgan fingerprint density at radius 1 is 1.48 bits per heavy atom. The normalized spacial score (nSPS) is 33.0. The van der Waals surface area contributed by atoms with Crippen LogP contribution in [0.15, 0.2) is 18.6 Å². The van der Waals surface area contributed by atoms with Crippen molar-refractivity contribution < 1.29 is 20.1 Å². The number of ether oxygens (including phenoxy) is 1. The first-order chi connectivity index (χ1) is 11.0. The summed E-state index contributed by atoms with van der Waals surface area (Å²) in [7, 11) is 0. The van der Waals surface area contributed by atoms with E-state index >= 15 is 0 Å². The Hall–Kier alpha value is -2.00. The Morgan fingerprint density at radius 2 is 2.30 bits per heavy atom. The van der Waals surface area contributed by atoms with Crippen molar-refractivity contribution in [3.8, 4) is 0 Å². The highest BCUT2D eigenvalue weighted by Gasteiger charge is 2.53. The topological polar surface area (TPSA) is 113 Å². The van der Waals surface area contributed by atoms with Gasteiger partial charge in [-0.3, -0.25) is 0 Å². The van der Waals surface area contributed by atoms with Gasteiger partial charge in [-0.25, -0.2) is 9.97 Å². The molecule has 2 aromatic rings. The van der Waals surface area contributed by atoms with E-state index in [2.05, 4.69) is 15.3 Å². The number of aliphatic hydroxyl groups excluding tert-OH is 2. The van der Waals surface area contributed by atoms with Crippen LogP contribution in [-0.2, 0) is 4.74 Å². The maximum atomic E-state index is 10.7. The Kier molecular flexibility index (Phi) is 3.17. The van der Waals surface area contributed by atoms with E-state index in [1.807, 2.05) is 18.3 Å². The monoisotopic (exact) mass is 318 g/mol. The maximum absolute atomic E-state index is 10.7. The van der Waals surface area contributed by atoms with Crippen LogP contribution >= 0.6 is 0 Å². The number of aliphatic hydroxyl groups is 3. The molecule has 0 amide bonds. The zero-order valence-electron chi connectivity index (χ0n) is 12.5. The summed E-state index contributed by atoms with van der Waals surface area (Å²) in [6.45, 7) is 1.79. The van der Waals surface area contributed by atoms with E-state index in [0.717, 1.165) is 10.9 Å². The number of hydrogen-bond acceptors (Lipinski definition) is 7. The molecule has 4 heterocycles. The average Bonchev–Trinajstić information content (AvgIpc) is 2.90. The van der Waals surface area contributed by atoms with Crippen molar-refractivity contribution in [2.75, 3.05) is 18.5 Å². The summed E-state index contributed by atoms with van der Waals surface area (Å²) in [5.41, 5.74) is -0.0507. The van der Waals surface area contributed by atoms with Crippen LogP contribution in [-0.4, -0.2) is 60.8 Å². The van der Waals surface area contributed by atoms with Gasteiger partial charge in [-0.2, -0.15) is 0 Å². The number of nitrogens with one attached hydrogen (secondary N) is 1. The quantitative estimate of drug-likeness (QED) is 0.610. The predicted molar refractivity (Wildman–Crippen MR) is 82.7 cm³/mol. The first-order valence-electron chi connectivity index (χ1n) is 7.46. The third-order valence-electron chi connectivity index (χ3n) is 4.51. The number of aromatic nitrogens is 3. The minimum absolute atomic E-state index is 0.373. The maximum Gasteiger partial charge on any atom is 0.167 e. The van der Waals surface area contributed by atoms with E-state index in [1.54, 1.807) is 4.57 Å². The molecular weight excluding hydrogens is 300 g/mol. The van der Waals surface area contributed by atoms with Crippen LogP contribution in [0.3, 0.4) is 0 Å². The number of hydrogen-bond donors (Lipinski definition) is 4. The fourth-order valence-corrected chi connectivity index (χ4v) is 3.28. The van der Waals surface area contributed by atoms with Crippen molar-refractivity contribution in [1.29, 1.82) is 0 Å². The molecule has 1 saturated heterocycles. The molecule has 0 spiro atoms. The van der Waals surface area contributed by atoms with Gasteiger partial charge >= 0.3 is 0 Å². The van der Waals surface area contributed by atoms with Gasteiger partial charge < -0.3 is 29.9 Å². The van der Waals surface area contributed by atoms with E-state index in [-0.39, 0.29) is 6.61 Å². The average molecular weight is 318 g/mol. The lowest BCUT2D eigenvalue weighted by Gasteiger charge is -2.27. The lowest BCUT2D eigenvalue weighted by atomic mass is 9.96. The minimum Gasteiger partial charge on any atom is -0.394 e. The summed E-state index contributed by atoms with van der Waals surface area (Å²) in [6, 6.07) is 0. The largest absolute Gasteiger partial charge is 0.394 e. The lowest BCUT2D eigenvalue weighted by molar-refractivity contribution is -0.0948. The Labute approximate surface area is 132 Å². The second kappa shape index (κ2) is 5.00. The highest BCUT2D eigenvalue weighted by atomic mass is 16.6. The van der Waals surface area contributed by atoms with Gasteiger partial charge in [0.2, 0.25) is 0 Å². The summed E-state index contributed by atoms with van der Waals surface area (Å²) in [5.74, 6) is 0.714. The van der Waals surface area contributed by atoms with Crippen LogP contribution in [0.25, 0.3) is 17.1 Å². The van der Waals surface area contributed by atoms with Crippen LogP contribution in [0.2, 0.25) is 0 Å². The highest BCUT2D eigenvalue weighted by Crippen LogP contribution is 2.41. The van der Waals surface area contributed by atoms with E-state index < -0.39 is 24.0 Å². The van der Waals surface area contributed by atoms with Crippen LogP contribution < -0.4 is 5.32 Å². The molecule has 8 nitrogen and oxygen atoms in total. The highest BCUT2D eigenvalue weighted by molar-refractivity contribution is 5.96. The molecule has 1 unspecified atom stereocenters. The first kappa shape index (κ1) is 14.6. The zero-order valence-corrected chi connectivity index (χ0v) is 12.5. The summed E-state index contributed by atoms with van der Waals surface area (Å²) in [4.78, 5) is 8.57. The van der Waals surface area contributed by atoms with Gasteiger partial charge in [-0.05, 0) is 6.92 Å². The van der Waals surface area contributed by atoms with Crippen molar-refractivity contribution in [3.63, 3.8) is 0 Å². The number of nitrogens with zero attached hydrogens (tertiary/aromatic N) is 3. The molecule has 0 aromatic carbocycles. The third-order valence-corrected chi connectivity index (χ3v) is 4.51. The molecule has 2 aromatic heterocycles. The standard InChI is InChI=1S/C15H18N4O4/c1-15(22)11(21)9(6-20)23-14(15)19-5-8-3-2-4-16-12-10(8)13(19)18-7-17-12/h2-3,5,7,9,11,14,20-22H,4,6H2,1H3,(H,16,17,18)/t9-,11+,14-,15?/m1/s1. The second-order valence-corrected chi connectivity index (χ2v) is 6.08. The molecular formula is C15H18N4O4. The van der Waals surface area contributed by atoms with Gasteiger partial charge in [0, 0.05) is 18.3 Å². The van der Waals surface area contributed by atoms with Crippen LogP contribution in [0.4, 0.5) is 5.82 Å². The summed E-state index contributed by atoms with van der Waals surface area (Å²) >= 11 is 0. The minimum atomic E-state index is -1.55. The fraction of sp³-hybridized carbons (Fsp3) is 0.467. The van der Waals surface area contributed by atoms with Crippen molar-refractivity contribution in [3.05, 3.63) is 24.2 Å².